The fourth-order valence-electron chi connectivity index (χ4n) is 1.88. The molecule has 1 rings (SSSR count). The van der Waals surface area contributed by atoms with E-state index in [-0.39, 0.29) is 12.2 Å². The van der Waals surface area contributed by atoms with Crippen molar-refractivity contribution >= 4 is 5.97 Å². The minimum atomic E-state index is -1.05. The third-order valence-electron chi connectivity index (χ3n) is 2.95. The van der Waals surface area contributed by atoms with Crippen LogP contribution in [0.2, 0.25) is 0 Å². The number of carboxylic acids is 1. The molecule has 0 aliphatic rings. The second kappa shape index (κ2) is 8.64. The molecule has 1 aromatic carbocycles. The van der Waals surface area contributed by atoms with E-state index in [0.717, 1.165) is 18.9 Å². The maximum Gasteiger partial charge on any atom is 0.336 e. The second-order valence-corrected chi connectivity index (χ2v) is 4.57. The van der Waals surface area contributed by atoms with Crippen LogP contribution < -0.4 is 0 Å². The van der Waals surface area contributed by atoms with Crippen LogP contribution in [0.3, 0.4) is 0 Å². The molecule has 0 atom stereocenters. The zero-order valence-electron chi connectivity index (χ0n) is 11.3. The highest BCUT2D eigenvalue weighted by atomic mass is 19.1. The van der Waals surface area contributed by atoms with Crippen molar-refractivity contribution in [2.75, 3.05) is 6.61 Å². The summed E-state index contributed by atoms with van der Waals surface area (Å²) in [7, 11) is 0. The standard InChI is InChI=1S/C15H21FO3/c1-2-3-4-5-6-9-19-11-12-10-13(16)7-8-14(12)15(17)18/h7-8,10H,2-6,9,11H2,1H3,(H,17,18). The van der Waals surface area contributed by atoms with Gasteiger partial charge in [-0.25, -0.2) is 9.18 Å². The van der Waals surface area contributed by atoms with Crippen LogP contribution in [-0.2, 0) is 11.3 Å². The van der Waals surface area contributed by atoms with Crippen molar-refractivity contribution in [3.8, 4) is 0 Å². The fraction of sp³-hybridized carbons (Fsp3) is 0.533. The van der Waals surface area contributed by atoms with Gasteiger partial charge in [-0.2, -0.15) is 0 Å². The number of rotatable bonds is 9. The summed E-state index contributed by atoms with van der Waals surface area (Å²) in [6.45, 7) is 2.89. The maximum atomic E-state index is 13.1. The lowest BCUT2D eigenvalue weighted by atomic mass is 10.1. The van der Waals surface area contributed by atoms with Gasteiger partial charge in [0.05, 0.1) is 12.2 Å². The van der Waals surface area contributed by atoms with Crippen LogP contribution in [0.4, 0.5) is 4.39 Å². The first-order valence-corrected chi connectivity index (χ1v) is 6.74. The zero-order valence-corrected chi connectivity index (χ0v) is 11.3. The molecule has 0 amide bonds. The molecule has 0 aliphatic heterocycles. The summed E-state index contributed by atoms with van der Waals surface area (Å²) in [6, 6.07) is 3.65. The topological polar surface area (TPSA) is 46.5 Å². The predicted molar refractivity (Wildman–Crippen MR) is 71.8 cm³/mol. The van der Waals surface area contributed by atoms with Gasteiger partial charge in [-0.3, -0.25) is 0 Å². The molecule has 0 bridgehead atoms. The van der Waals surface area contributed by atoms with Crippen molar-refractivity contribution in [3.05, 3.63) is 35.1 Å². The number of carboxylic acid groups (broad SMARTS) is 1. The van der Waals surface area contributed by atoms with Gasteiger partial charge in [0.2, 0.25) is 0 Å². The molecule has 0 spiro atoms. The molecule has 0 aliphatic carbocycles. The lowest BCUT2D eigenvalue weighted by Crippen LogP contribution is -2.05. The van der Waals surface area contributed by atoms with Crippen molar-refractivity contribution in [1.29, 1.82) is 0 Å². The number of benzene rings is 1. The van der Waals surface area contributed by atoms with Crippen LogP contribution in [-0.4, -0.2) is 17.7 Å². The molecule has 1 aromatic rings. The molecule has 0 saturated heterocycles. The summed E-state index contributed by atoms with van der Waals surface area (Å²) in [4.78, 5) is 11.0. The van der Waals surface area contributed by atoms with Crippen molar-refractivity contribution in [1.82, 2.24) is 0 Å². The third-order valence-corrected chi connectivity index (χ3v) is 2.95. The molecule has 1 N–H and O–H groups in total. The van der Waals surface area contributed by atoms with Gasteiger partial charge in [0, 0.05) is 6.61 Å². The van der Waals surface area contributed by atoms with Gasteiger partial charge in [-0.1, -0.05) is 32.6 Å². The highest BCUT2D eigenvalue weighted by molar-refractivity contribution is 5.89. The Morgan fingerprint density at radius 2 is 2.00 bits per heavy atom. The van der Waals surface area contributed by atoms with Crippen LogP contribution in [0, 0.1) is 5.82 Å². The van der Waals surface area contributed by atoms with Gasteiger partial charge in [0.1, 0.15) is 5.82 Å². The Balaban J connectivity index is 2.36. The van der Waals surface area contributed by atoms with Crippen molar-refractivity contribution < 1.29 is 19.0 Å². The number of carbonyl (C=O) groups is 1. The quantitative estimate of drug-likeness (QED) is 0.688. The highest BCUT2D eigenvalue weighted by Crippen LogP contribution is 2.13. The van der Waals surface area contributed by atoms with E-state index >= 15 is 0 Å². The Morgan fingerprint density at radius 1 is 1.26 bits per heavy atom. The summed E-state index contributed by atoms with van der Waals surface area (Å²) in [5.41, 5.74) is 0.494. The monoisotopic (exact) mass is 268 g/mol. The van der Waals surface area contributed by atoms with E-state index in [9.17, 15) is 9.18 Å². The van der Waals surface area contributed by atoms with Crippen molar-refractivity contribution in [2.45, 2.75) is 45.6 Å². The van der Waals surface area contributed by atoms with E-state index in [1.54, 1.807) is 0 Å². The maximum absolute atomic E-state index is 13.1. The minimum Gasteiger partial charge on any atom is -0.478 e. The number of unbranched alkanes of at least 4 members (excludes halogenated alkanes) is 4. The largest absolute Gasteiger partial charge is 0.478 e. The number of halogens is 1. The van der Waals surface area contributed by atoms with Gasteiger partial charge < -0.3 is 9.84 Å². The van der Waals surface area contributed by atoms with Gasteiger partial charge in [0.25, 0.3) is 0 Å². The smallest absolute Gasteiger partial charge is 0.336 e. The zero-order chi connectivity index (χ0) is 14.1. The van der Waals surface area contributed by atoms with E-state index in [0.29, 0.717) is 12.2 Å². The first-order chi connectivity index (χ1) is 9.15. The van der Waals surface area contributed by atoms with Crippen LogP contribution in [0.1, 0.15) is 54.9 Å². The minimum absolute atomic E-state index is 0.104. The Morgan fingerprint density at radius 3 is 2.68 bits per heavy atom. The Kier molecular flexibility index (Phi) is 7.11. The molecule has 0 heterocycles. The van der Waals surface area contributed by atoms with Crippen molar-refractivity contribution in [2.24, 2.45) is 0 Å². The van der Waals surface area contributed by atoms with Gasteiger partial charge in [0.15, 0.2) is 0 Å². The first kappa shape index (κ1) is 15.6. The van der Waals surface area contributed by atoms with E-state index in [4.69, 9.17) is 9.84 Å². The second-order valence-electron chi connectivity index (χ2n) is 4.57. The molecule has 19 heavy (non-hydrogen) atoms. The molecule has 0 unspecified atom stereocenters. The fourth-order valence-corrected chi connectivity index (χ4v) is 1.88. The Hall–Kier alpha value is -1.42. The number of hydrogen-bond donors (Lipinski definition) is 1. The molecule has 3 nitrogen and oxygen atoms in total. The molecule has 0 aromatic heterocycles. The third kappa shape index (κ3) is 5.83. The molecule has 4 heteroatoms. The lowest BCUT2D eigenvalue weighted by Gasteiger charge is -2.07. The van der Waals surface area contributed by atoms with Crippen LogP contribution in [0.25, 0.3) is 0 Å². The summed E-state index contributed by atoms with van der Waals surface area (Å²) in [5.74, 6) is -1.49. The molecular formula is C15H21FO3. The van der Waals surface area contributed by atoms with E-state index in [1.807, 2.05) is 0 Å². The molecule has 0 fully saturated rings. The average Bonchev–Trinajstić information content (AvgIpc) is 2.37. The summed E-state index contributed by atoms with van der Waals surface area (Å²) < 4.78 is 18.5. The van der Waals surface area contributed by atoms with Gasteiger partial charge in [-0.15, -0.1) is 0 Å². The van der Waals surface area contributed by atoms with Gasteiger partial charge in [-0.05, 0) is 30.2 Å². The van der Waals surface area contributed by atoms with Crippen LogP contribution in [0.15, 0.2) is 18.2 Å². The Bertz CT molecular complexity index is 404. The molecule has 0 saturated carbocycles. The van der Waals surface area contributed by atoms with E-state index < -0.39 is 11.8 Å². The van der Waals surface area contributed by atoms with Crippen LogP contribution >= 0.6 is 0 Å². The number of ether oxygens (including phenoxy) is 1. The SMILES string of the molecule is CCCCCCCOCc1cc(F)ccc1C(=O)O. The molecule has 106 valence electrons. The summed E-state index contributed by atoms with van der Waals surface area (Å²) >= 11 is 0. The van der Waals surface area contributed by atoms with Crippen LogP contribution in [0.5, 0.6) is 0 Å². The first-order valence-electron chi connectivity index (χ1n) is 6.74. The summed E-state index contributed by atoms with van der Waals surface area (Å²) in [5, 5.41) is 8.98. The van der Waals surface area contributed by atoms with Crippen molar-refractivity contribution in [3.63, 3.8) is 0 Å². The molecular weight excluding hydrogens is 247 g/mol. The normalized spacial score (nSPS) is 10.6. The van der Waals surface area contributed by atoms with E-state index in [1.165, 1.54) is 31.4 Å². The number of aromatic carboxylic acids is 1. The number of hydrogen-bond acceptors (Lipinski definition) is 2. The highest BCUT2D eigenvalue weighted by Gasteiger charge is 2.10. The van der Waals surface area contributed by atoms with E-state index in [2.05, 4.69) is 6.92 Å². The lowest BCUT2D eigenvalue weighted by molar-refractivity contribution is 0.0686. The molecule has 0 radical (unpaired) electrons. The predicted octanol–water partition coefficient (Wildman–Crippen LogP) is 4.01. The summed E-state index contributed by atoms with van der Waals surface area (Å²) in [6.07, 6.45) is 5.69. The van der Waals surface area contributed by atoms with Gasteiger partial charge >= 0.3 is 5.97 Å². The average molecular weight is 268 g/mol. The Labute approximate surface area is 113 Å².